The van der Waals surface area contributed by atoms with Crippen molar-refractivity contribution in [3.8, 4) is 0 Å². The normalized spacial score (nSPS) is 24.2. The lowest BCUT2D eigenvalue weighted by atomic mass is 9.90. The molecule has 1 aromatic rings. The molecule has 3 heterocycles. The predicted octanol–water partition coefficient (Wildman–Crippen LogP) is 3.18. The number of aromatic nitrogens is 1. The van der Waals surface area contributed by atoms with Crippen molar-refractivity contribution in [3.63, 3.8) is 0 Å². The summed E-state index contributed by atoms with van der Waals surface area (Å²) in [6.07, 6.45) is 6.37. The van der Waals surface area contributed by atoms with Crippen LogP contribution in [0, 0.1) is 6.92 Å². The molecule has 23 heavy (non-hydrogen) atoms. The highest BCUT2D eigenvalue weighted by atomic mass is 16.6. The van der Waals surface area contributed by atoms with Crippen LogP contribution in [0.15, 0.2) is 24.5 Å². The molecular weight excluding hydrogens is 292 g/mol. The minimum absolute atomic E-state index is 0.0177. The van der Waals surface area contributed by atoms with E-state index >= 15 is 0 Å². The molecule has 5 heteroatoms. The van der Waals surface area contributed by atoms with Crippen LogP contribution in [0.4, 0.5) is 4.79 Å². The summed E-state index contributed by atoms with van der Waals surface area (Å²) in [5.74, 6) is 0. The number of pyridine rings is 1. The number of ether oxygens (including phenoxy) is 2. The van der Waals surface area contributed by atoms with Crippen LogP contribution < -0.4 is 0 Å². The van der Waals surface area contributed by atoms with Gasteiger partial charge in [0.25, 0.3) is 0 Å². The number of carbonyl (C=O) groups is 1. The second kappa shape index (κ2) is 5.96. The molecular formula is C18H24N2O3. The number of nitrogens with zero attached hydrogens (tertiary/aromatic N) is 2. The van der Waals surface area contributed by atoms with Crippen LogP contribution in [0.2, 0.25) is 0 Å². The minimum atomic E-state index is -0.489. The molecule has 1 amide bonds. The highest BCUT2D eigenvalue weighted by Gasteiger charge is 2.40. The molecule has 1 saturated heterocycles. The topological polar surface area (TPSA) is 51.7 Å². The van der Waals surface area contributed by atoms with Crippen molar-refractivity contribution in [1.29, 1.82) is 0 Å². The van der Waals surface area contributed by atoms with Crippen LogP contribution >= 0.6 is 0 Å². The van der Waals surface area contributed by atoms with Crippen molar-refractivity contribution in [1.82, 2.24) is 9.88 Å². The van der Waals surface area contributed by atoms with Crippen LogP contribution in [0.25, 0.3) is 5.57 Å². The van der Waals surface area contributed by atoms with Crippen molar-refractivity contribution in [3.05, 3.63) is 35.7 Å². The molecule has 0 radical (unpaired) electrons. The standard InChI is InChI=1S/C18H24N2O3/c1-12-5-14(9-19-8-12)13-6-15-10-22-11-16(7-13)20(15)17(21)23-18(2,3)4/h5-6,8-9,15-16H,7,10-11H2,1-4H3. The Kier molecular flexibility index (Phi) is 4.15. The van der Waals surface area contributed by atoms with Gasteiger partial charge in [0, 0.05) is 12.4 Å². The fraction of sp³-hybridized carbons (Fsp3) is 0.556. The third-order valence-corrected chi connectivity index (χ3v) is 4.05. The average molecular weight is 316 g/mol. The molecule has 2 unspecified atom stereocenters. The Bertz CT molecular complexity index is 633. The SMILES string of the molecule is Cc1cncc(C2=CC3COCC(C2)N3C(=O)OC(C)(C)C)c1. The van der Waals surface area contributed by atoms with Crippen molar-refractivity contribution < 1.29 is 14.3 Å². The smallest absolute Gasteiger partial charge is 0.411 e. The Balaban J connectivity index is 1.86. The molecule has 0 aromatic carbocycles. The second-order valence-electron chi connectivity index (χ2n) is 7.29. The summed E-state index contributed by atoms with van der Waals surface area (Å²) in [4.78, 5) is 18.6. The molecule has 5 nitrogen and oxygen atoms in total. The maximum Gasteiger partial charge on any atom is 0.411 e. The molecule has 2 bridgehead atoms. The van der Waals surface area contributed by atoms with Crippen molar-refractivity contribution in [2.75, 3.05) is 13.2 Å². The molecule has 1 aromatic heterocycles. The molecule has 124 valence electrons. The van der Waals surface area contributed by atoms with Crippen LogP contribution in [0.1, 0.15) is 38.3 Å². The maximum atomic E-state index is 12.5. The Hall–Kier alpha value is -1.88. The maximum absolute atomic E-state index is 12.5. The zero-order valence-electron chi connectivity index (χ0n) is 14.2. The first-order chi connectivity index (χ1) is 10.8. The second-order valence-corrected chi connectivity index (χ2v) is 7.29. The Labute approximate surface area is 137 Å². The molecule has 2 aliphatic heterocycles. The molecule has 3 rings (SSSR count). The zero-order chi connectivity index (χ0) is 16.6. The molecule has 2 aliphatic rings. The molecule has 0 spiro atoms. The first-order valence-corrected chi connectivity index (χ1v) is 8.05. The van der Waals surface area contributed by atoms with Crippen molar-refractivity contribution in [2.24, 2.45) is 0 Å². The average Bonchev–Trinajstić information content (AvgIpc) is 2.44. The minimum Gasteiger partial charge on any atom is -0.444 e. The third-order valence-electron chi connectivity index (χ3n) is 4.05. The van der Waals surface area contributed by atoms with Gasteiger partial charge in [-0.3, -0.25) is 9.88 Å². The van der Waals surface area contributed by atoms with Gasteiger partial charge in [-0.2, -0.15) is 0 Å². The number of fused-ring (bicyclic) bond motifs is 2. The van der Waals surface area contributed by atoms with Gasteiger partial charge < -0.3 is 9.47 Å². The Morgan fingerprint density at radius 2 is 2.13 bits per heavy atom. The Morgan fingerprint density at radius 1 is 1.35 bits per heavy atom. The van der Waals surface area contributed by atoms with Gasteiger partial charge in [-0.05, 0) is 56.9 Å². The van der Waals surface area contributed by atoms with Gasteiger partial charge in [-0.15, -0.1) is 0 Å². The van der Waals surface area contributed by atoms with E-state index in [2.05, 4.69) is 17.1 Å². The van der Waals surface area contributed by atoms with E-state index in [1.165, 1.54) is 5.57 Å². The van der Waals surface area contributed by atoms with Gasteiger partial charge >= 0.3 is 6.09 Å². The summed E-state index contributed by atoms with van der Waals surface area (Å²) in [6.45, 7) is 8.77. The van der Waals surface area contributed by atoms with Gasteiger partial charge in [0.15, 0.2) is 0 Å². The first kappa shape index (κ1) is 16.0. The highest BCUT2D eigenvalue weighted by Crippen LogP contribution is 2.33. The van der Waals surface area contributed by atoms with Gasteiger partial charge in [0.2, 0.25) is 0 Å². The van der Waals surface area contributed by atoms with Gasteiger partial charge in [0.1, 0.15) is 5.60 Å². The number of aryl methyl sites for hydroxylation is 1. The van der Waals surface area contributed by atoms with E-state index in [9.17, 15) is 4.79 Å². The van der Waals surface area contributed by atoms with Crippen molar-refractivity contribution >= 4 is 11.7 Å². The van der Waals surface area contributed by atoms with Crippen molar-refractivity contribution in [2.45, 2.75) is 51.8 Å². The summed E-state index contributed by atoms with van der Waals surface area (Å²) < 4.78 is 11.2. The summed E-state index contributed by atoms with van der Waals surface area (Å²) in [7, 11) is 0. The molecule has 0 aliphatic carbocycles. The highest BCUT2D eigenvalue weighted by molar-refractivity contribution is 5.74. The van der Waals surface area contributed by atoms with E-state index in [-0.39, 0.29) is 18.2 Å². The lowest BCUT2D eigenvalue weighted by Gasteiger charge is -2.44. The quantitative estimate of drug-likeness (QED) is 0.798. The number of morpholine rings is 1. The predicted molar refractivity (Wildman–Crippen MR) is 88.0 cm³/mol. The van der Waals surface area contributed by atoms with Crippen LogP contribution in [-0.2, 0) is 9.47 Å². The summed E-state index contributed by atoms with van der Waals surface area (Å²) >= 11 is 0. The van der Waals surface area contributed by atoms with Gasteiger partial charge in [-0.1, -0.05) is 6.08 Å². The fourth-order valence-electron chi connectivity index (χ4n) is 3.14. The monoisotopic (exact) mass is 316 g/mol. The lowest BCUT2D eigenvalue weighted by molar-refractivity contribution is -0.0510. The van der Waals surface area contributed by atoms with E-state index < -0.39 is 5.60 Å². The fourth-order valence-corrected chi connectivity index (χ4v) is 3.14. The molecule has 1 fully saturated rings. The van der Waals surface area contributed by atoms with Crippen LogP contribution in [0.5, 0.6) is 0 Å². The van der Waals surface area contributed by atoms with E-state index in [1.54, 1.807) is 0 Å². The van der Waals surface area contributed by atoms with Gasteiger partial charge in [0.05, 0.1) is 25.3 Å². The third kappa shape index (κ3) is 3.55. The molecule has 0 N–H and O–H groups in total. The lowest BCUT2D eigenvalue weighted by Crippen LogP contribution is -2.57. The van der Waals surface area contributed by atoms with E-state index in [1.807, 2.05) is 45.0 Å². The first-order valence-electron chi connectivity index (χ1n) is 8.05. The molecule has 0 saturated carbocycles. The summed E-state index contributed by atoms with van der Waals surface area (Å²) in [5.41, 5.74) is 3.01. The summed E-state index contributed by atoms with van der Waals surface area (Å²) in [5, 5.41) is 0. The largest absolute Gasteiger partial charge is 0.444 e. The van der Waals surface area contributed by atoms with Crippen LogP contribution in [0.3, 0.4) is 0 Å². The van der Waals surface area contributed by atoms with Crippen LogP contribution in [-0.4, -0.2) is 46.9 Å². The number of rotatable bonds is 1. The van der Waals surface area contributed by atoms with E-state index in [4.69, 9.17) is 9.47 Å². The Morgan fingerprint density at radius 3 is 2.78 bits per heavy atom. The molecule has 2 atom stereocenters. The number of carbonyl (C=O) groups excluding carboxylic acids is 1. The van der Waals surface area contributed by atoms with E-state index in [0.717, 1.165) is 17.5 Å². The van der Waals surface area contributed by atoms with E-state index in [0.29, 0.717) is 13.2 Å². The van der Waals surface area contributed by atoms with Gasteiger partial charge in [-0.25, -0.2) is 4.79 Å². The summed E-state index contributed by atoms with van der Waals surface area (Å²) in [6, 6.07) is 2.08. The number of hydrogen-bond donors (Lipinski definition) is 0. The number of amides is 1. The number of hydrogen-bond acceptors (Lipinski definition) is 4. The zero-order valence-corrected chi connectivity index (χ0v) is 14.2.